The quantitative estimate of drug-likeness (QED) is 0.178. The van der Waals surface area contributed by atoms with Crippen LogP contribution in [-0.2, 0) is 4.79 Å². The van der Waals surface area contributed by atoms with Gasteiger partial charge in [-0.05, 0) is 82.9 Å². The Balaban J connectivity index is 1.21. The molecule has 11 nitrogen and oxygen atoms in total. The lowest BCUT2D eigenvalue weighted by Gasteiger charge is -2.45. The average Bonchev–Trinajstić information content (AvgIpc) is 3.93. The van der Waals surface area contributed by atoms with Crippen LogP contribution in [0.4, 0.5) is 19.0 Å². The largest absolute Gasteiger partial charge is 0.508 e. The van der Waals surface area contributed by atoms with Crippen LogP contribution in [0.25, 0.3) is 32.9 Å². The monoisotopic (exact) mass is 771 g/mol. The van der Waals surface area contributed by atoms with E-state index in [0.717, 1.165) is 19.4 Å². The number of nitrogens with zero attached hydrogens (tertiary/aromatic N) is 5. The molecule has 4 aliphatic rings. The molecule has 4 fully saturated rings. The molecule has 1 aliphatic carbocycles. The molecule has 4 aromatic rings. The number of phenols is 1. The number of likely N-dealkylation sites (tertiary alicyclic amines) is 1. The first-order valence-electron chi connectivity index (χ1n) is 19.4. The fraction of sp³-hybridized carbons (Fsp3) is 0.524. The average molecular weight is 772 g/mol. The number of nitrogens with one attached hydrogen (secondary N) is 2. The van der Waals surface area contributed by atoms with Gasteiger partial charge in [0.2, 0.25) is 11.8 Å². The van der Waals surface area contributed by atoms with Gasteiger partial charge in [-0.15, -0.1) is 6.42 Å². The number of hydrogen-bond donors (Lipinski definition) is 3. The molecule has 3 N–H and O–H groups in total. The number of carbonyl (C=O) groups excluding carboxylic acids is 1. The lowest BCUT2D eigenvalue weighted by Crippen LogP contribution is -2.62. The van der Waals surface area contributed by atoms with Gasteiger partial charge >= 0.3 is 6.01 Å². The van der Waals surface area contributed by atoms with E-state index in [-0.39, 0.29) is 85.6 Å². The Morgan fingerprint density at radius 2 is 1.80 bits per heavy atom. The normalized spacial score (nSPS) is 22.5. The number of phenolic OH excluding ortho intramolecular Hbond substituents is 1. The molecule has 1 amide bonds. The first kappa shape index (κ1) is 38.0. The van der Waals surface area contributed by atoms with Crippen molar-refractivity contribution >= 4 is 33.4 Å². The molecule has 2 unspecified atom stereocenters. The molecule has 5 heterocycles. The number of pyridine rings is 1. The van der Waals surface area contributed by atoms with Gasteiger partial charge in [-0.25, -0.2) is 18.2 Å². The number of terminal acetylenes is 1. The minimum absolute atomic E-state index is 0.0224. The topological polar surface area (TPSA) is 125 Å². The number of ether oxygens (including phenoxy) is 2. The number of methoxy groups -OCH3 is 1. The Kier molecular flexibility index (Phi) is 9.89. The maximum atomic E-state index is 17.3. The van der Waals surface area contributed by atoms with E-state index in [1.54, 1.807) is 0 Å². The summed E-state index contributed by atoms with van der Waals surface area (Å²) < 4.78 is 58.5. The van der Waals surface area contributed by atoms with Crippen molar-refractivity contribution < 1.29 is 32.5 Å². The number of aromatic hydroxyl groups is 1. The Morgan fingerprint density at radius 3 is 2.45 bits per heavy atom. The molecule has 0 spiro atoms. The van der Waals surface area contributed by atoms with Crippen molar-refractivity contribution in [3.8, 4) is 41.2 Å². The molecule has 8 rings (SSSR count). The van der Waals surface area contributed by atoms with Crippen molar-refractivity contribution in [2.75, 3.05) is 51.3 Å². The first-order chi connectivity index (χ1) is 26.7. The standard InChI is InChI=1S/C42H48F3N7O4/c1-6-29-31(44)8-7-23-17-28(53)18-30(32(23)29)35-34(45)36-33(39(47-35)55-5)37(52-19-26-15-24(16-27(20-52)46-26)38(54)50-41(2,3)4)49-40(48-36)56-22-42(11-12-42)21-51-13-9-25(43)10-14-51/h1,7-8,17-18,24-27,46,53H,9-16,19-22H2,2-5H3,(H,50,54). The highest BCUT2D eigenvalue weighted by Crippen LogP contribution is 2.48. The number of anilines is 1. The van der Waals surface area contributed by atoms with E-state index in [1.165, 1.54) is 31.4 Å². The van der Waals surface area contributed by atoms with Crippen LogP contribution in [0.5, 0.6) is 17.6 Å². The van der Waals surface area contributed by atoms with Gasteiger partial charge in [0.05, 0.1) is 19.3 Å². The number of amides is 1. The van der Waals surface area contributed by atoms with E-state index in [0.29, 0.717) is 69.7 Å². The summed E-state index contributed by atoms with van der Waals surface area (Å²) in [6.07, 6.45) is 9.11. The van der Waals surface area contributed by atoms with E-state index < -0.39 is 17.8 Å². The molecule has 3 aliphatic heterocycles. The van der Waals surface area contributed by atoms with Crippen LogP contribution in [0, 0.1) is 35.3 Å². The minimum atomic E-state index is -0.849. The summed E-state index contributed by atoms with van der Waals surface area (Å²) in [5.74, 6) is 0.927. The number of piperazine rings is 1. The summed E-state index contributed by atoms with van der Waals surface area (Å²) in [6.45, 7) is 9.27. The third-order valence-corrected chi connectivity index (χ3v) is 11.6. The molecule has 0 radical (unpaired) electrons. The molecule has 296 valence electrons. The molecule has 2 atom stereocenters. The third-order valence-electron chi connectivity index (χ3n) is 11.6. The maximum absolute atomic E-state index is 17.3. The fourth-order valence-corrected chi connectivity index (χ4v) is 8.72. The molecule has 2 aromatic carbocycles. The molecule has 14 heteroatoms. The van der Waals surface area contributed by atoms with Gasteiger partial charge in [0.15, 0.2) is 5.82 Å². The second-order valence-electron chi connectivity index (χ2n) is 17.1. The van der Waals surface area contributed by atoms with Crippen molar-refractivity contribution in [3.63, 3.8) is 0 Å². The summed E-state index contributed by atoms with van der Waals surface area (Å²) in [4.78, 5) is 31.8. The van der Waals surface area contributed by atoms with Gasteiger partial charge < -0.3 is 35.0 Å². The number of rotatable bonds is 9. The van der Waals surface area contributed by atoms with Crippen LogP contribution in [0.3, 0.4) is 0 Å². The lowest BCUT2D eigenvalue weighted by atomic mass is 9.84. The highest BCUT2D eigenvalue weighted by atomic mass is 19.1. The van der Waals surface area contributed by atoms with E-state index >= 15 is 8.78 Å². The number of hydrogen-bond acceptors (Lipinski definition) is 10. The fourth-order valence-electron chi connectivity index (χ4n) is 8.72. The molecule has 2 aromatic heterocycles. The maximum Gasteiger partial charge on any atom is 0.319 e. The second kappa shape index (κ2) is 14.6. The highest BCUT2D eigenvalue weighted by Gasteiger charge is 2.46. The molecule has 2 bridgehead atoms. The molecule has 56 heavy (non-hydrogen) atoms. The van der Waals surface area contributed by atoms with Crippen LogP contribution in [0.1, 0.15) is 64.9 Å². The zero-order valence-electron chi connectivity index (χ0n) is 32.2. The van der Waals surface area contributed by atoms with Crippen LogP contribution in [-0.4, -0.2) is 101 Å². The van der Waals surface area contributed by atoms with Crippen LogP contribution in [0.2, 0.25) is 0 Å². The van der Waals surface area contributed by atoms with Crippen molar-refractivity contribution in [3.05, 3.63) is 41.5 Å². The summed E-state index contributed by atoms with van der Waals surface area (Å²) in [5, 5.41) is 18.3. The zero-order valence-corrected chi connectivity index (χ0v) is 32.2. The number of alkyl halides is 1. The number of benzene rings is 2. The zero-order chi connectivity index (χ0) is 39.5. The van der Waals surface area contributed by atoms with E-state index in [2.05, 4.69) is 31.4 Å². The van der Waals surface area contributed by atoms with E-state index in [4.69, 9.17) is 20.9 Å². The Bertz CT molecular complexity index is 2210. The van der Waals surface area contributed by atoms with Gasteiger partial charge in [-0.1, -0.05) is 12.0 Å². The number of piperidine rings is 2. The molecular weight excluding hydrogens is 724 g/mol. The Labute approximate surface area is 324 Å². The summed E-state index contributed by atoms with van der Waals surface area (Å²) in [5.41, 5.74) is -0.893. The Morgan fingerprint density at radius 1 is 1.09 bits per heavy atom. The minimum Gasteiger partial charge on any atom is -0.508 e. The van der Waals surface area contributed by atoms with Crippen LogP contribution >= 0.6 is 0 Å². The summed E-state index contributed by atoms with van der Waals surface area (Å²) >= 11 is 0. The van der Waals surface area contributed by atoms with Gasteiger partial charge in [0.25, 0.3) is 0 Å². The number of aromatic nitrogens is 3. The predicted octanol–water partition coefficient (Wildman–Crippen LogP) is 5.88. The van der Waals surface area contributed by atoms with Crippen molar-refractivity contribution in [2.24, 2.45) is 11.3 Å². The first-order valence-corrected chi connectivity index (χ1v) is 19.4. The molecular formula is C42H48F3N7O4. The number of fused-ring (bicyclic) bond motifs is 4. The highest BCUT2D eigenvalue weighted by molar-refractivity contribution is 6.04. The van der Waals surface area contributed by atoms with Crippen LogP contribution in [0.15, 0.2) is 24.3 Å². The van der Waals surface area contributed by atoms with Crippen LogP contribution < -0.4 is 25.0 Å². The summed E-state index contributed by atoms with van der Waals surface area (Å²) in [7, 11) is 1.41. The SMILES string of the molecule is C#Cc1c(F)ccc2cc(O)cc(-c3nc(OC)c4c(N5CC6CC(C(=O)NC(C)(C)C)CC(C5)N6)nc(OCC5(CN6CCC(F)CC6)CC5)nc4c3F)c12. The van der Waals surface area contributed by atoms with Crippen molar-refractivity contribution in [1.82, 2.24) is 30.5 Å². The second-order valence-corrected chi connectivity index (χ2v) is 17.1. The van der Waals surface area contributed by atoms with Gasteiger partial charge in [0.1, 0.15) is 40.2 Å². The smallest absolute Gasteiger partial charge is 0.319 e. The van der Waals surface area contributed by atoms with Gasteiger partial charge in [-0.2, -0.15) is 9.97 Å². The van der Waals surface area contributed by atoms with Gasteiger partial charge in [0, 0.05) is 72.6 Å². The third kappa shape index (κ3) is 7.51. The molecule has 3 saturated heterocycles. The van der Waals surface area contributed by atoms with Crippen molar-refractivity contribution in [1.29, 1.82) is 0 Å². The molecule has 1 saturated carbocycles. The lowest BCUT2D eigenvalue weighted by molar-refractivity contribution is -0.128. The van der Waals surface area contributed by atoms with E-state index in [9.17, 15) is 14.3 Å². The number of carbonyl (C=O) groups is 1. The Hall–Kier alpha value is -4.87. The van der Waals surface area contributed by atoms with Crippen molar-refractivity contribution in [2.45, 2.75) is 83.1 Å². The number of halogens is 3. The van der Waals surface area contributed by atoms with Gasteiger partial charge in [-0.3, -0.25) is 4.79 Å². The predicted molar refractivity (Wildman–Crippen MR) is 208 cm³/mol. The summed E-state index contributed by atoms with van der Waals surface area (Å²) in [6, 6.07) is 5.24. The van der Waals surface area contributed by atoms with E-state index in [1.807, 2.05) is 25.7 Å².